The van der Waals surface area contributed by atoms with Crippen molar-refractivity contribution in [2.24, 2.45) is 11.8 Å². The first-order valence-electron chi connectivity index (χ1n) is 17.6. The normalized spacial score (nSPS) is 19.9. The van der Waals surface area contributed by atoms with Gasteiger partial charge in [-0.1, -0.05) is 26.8 Å². The lowest BCUT2D eigenvalue weighted by Gasteiger charge is -2.37. The predicted octanol–water partition coefficient (Wildman–Crippen LogP) is 5.85. The number of aromatic nitrogens is 6. The average Bonchev–Trinajstić information content (AvgIpc) is 3.90. The van der Waals surface area contributed by atoms with Gasteiger partial charge in [0, 0.05) is 55.1 Å². The highest BCUT2D eigenvalue weighted by atomic mass is 19.1. The molecule has 5 aromatic rings. The first kappa shape index (κ1) is 34.4. The van der Waals surface area contributed by atoms with Crippen LogP contribution in [0.1, 0.15) is 45.2 Å². The molecule has 4 heterocycles. The van der Waals surface area contributed by atoms with Crippen LogP contribution >= 0.6 is 0 Å². The highest BCUT2D eigenvalue weighted by molar-refractivity contribution is 5.54. The molecule has 2 fully saturated rings. The Morgan fingerprint density at radius 2 is 1.57 bits per heavy atom. The number of ether oxygens (including phenoxy) is 2. The number of piperazine rings is 1. The molecule has 0 radical (unpaired) electrons. The van der Waals surface area contributed by atoms with Crippen molar-refractivity contribution in [2.75, 3.05) is 49.2 Å². The first-order chi connectivity index (χ1) is 24.7. The van der Waals surface area contributed by atoms with E-state index in [1.807, 2.05) is 24.3 Å². The predicted molar refractivity (Wildman–Crippen MR) is 190 cm³/mol. The molecule has 3 atom stereocenters. The van der Waals surface area contributed by atoms with E-state index in [1.165, 1.54) is 18.5 Å². The Labute approximate surface area is 296 Å². The van der Waals surface area contributed by atoms with Crippen molar-refractivity contribution in [1.82, 2.24) is 29.1 Å². The fourth-order valence-electron chi connectivity index (χ4n) is 7.45. The number of rotatable bonds is 12. The van der Waals surface area contributed by atoms with E-state index in [0.717, 1.165) is 61.5 Å². The van der Waals surface area contributed by atoms with Crippen LogP contribution in [0.3, 0.4) is 0 Å². The Balaban J connectivity index is 0.923. The summed E-state index contributed by atoms with van der Waals surface area (Å²) in [5.41, 5.74) is 2.24. The molecule has 3 aromatic carbocycles. The van der Waals surface area contributed by atoms with Gasteiger partial charge in [-0.15, -0.1) is 0 Å². The van der Waals surface area contributed by atoms with Crippen molar-refractivity contribution in [1.29, 1.82) is 0 Å². The Morgan fingerprint density at radius 3 is 2.18 bits per heavy atom. The number of hydrogen-bond donors (Lipinski definition) is 0. The van der Waals surface area contributed by atoms with Gasteiger partial charge >= 0.3 is 5.69 Å². The molecular weight excluding hydrogens is 654 g/mol. The molecule has 0 saturated carbocycles. The summed E-state index contributed by atoms with van der Waals surface area (Å²) in [5, 5.41) is 8.60. The lowest BCUT2D eigenvalue weighted by molar-refractivity contribution is -0.0206. The molecule has 0 spiro atoms. The number of hydrogen-bond acceptors (Lipinski definition) is 8. The lowest BCUT2D eigenvalue weighted by atomic mass is 9.87. The van der Waals surface area contributed by atoms with E-state index in [9.17, 15) is 13.6 Å². The van der Waals surface area contributed by atoms with Crippen LogP contribution in [0.4, 0.5) is 20.2 Å². The van der Waals surface area contributed by atoms with Crippen LogP contribution in [0.25, 0.3) is 5.69 Å². The Hall–Kier alpha value is -5.04. The highest BCUT2D eigenvalue weighted by Gasteiger charge is 2.44. The van der Waals surface area contributed by atoms with E-state index in [1.54, 1.807) is 26.6 Å². The second-order valence-electron chi connectivity index (χ2n) is 13.8. The second kappa shape index (κ2) is 14.7. The van der Waals surface area contributed by atoms with Gasteiger partial charge in [-0.05, 0) is 73.4 Å². The van der Waals surface area contributed by atoms with Gasteiger partial charge in [-0.3, -0.25) is 0 Å². The topological polar surface area (TPSA) is 95.5 Å². The summed E-state index contributed by atoms with van der Waals surface area (Å²) >= 11 is 0. The molecule has 13 heteroatoms. The molecule has 2 aromatic heterocycles. The SMILES string of the molecule is CC[C@@H](C(C)C)n1ncn(-c2ccc(N3CCN(c4ccc(OC[C@@H]5CO[C@@](Cn6cncn6)(c6ccc(F)cc6F)C5)cc4)CC3)cc2)c1=O. The zero-order valence-electron chi connectivity index (χ0n) is 29.2. The molecule has 0 N–H and O–H groups in total. The minimum absolute atomic E-state index is 0.00301. The van der Waals surface area contributed by atoms with Gasteiger partial charge in [0.15, 0.2) is 0 Å². The fraction of sp³-hybridized carbons (Fsp3) is 0.421. The largest absolute Gasteiger partial charge is 0.493 e. The van der Waals surface area contributed by atoms with Gasteiger partial charge in [-0.2, -0.15) is 10.2 Å². The minimum atomic E-state index is -1.01. The van der Waals surface area contributed by atoms with Gasteiger partial charge < -0.3 is 19.3 Å². The second-order valence-corrected chi connectivity index (χ2v) is 13.8. The molecule has 0 bridgehead atoms. The molecule has 0 aliphatic carbocycles. The van der Waals surface area contributed by atoms with Crippen LogP contribution in [0.5, 0.6) is 5.75 Å². The molecule has 2 aliphatic heterocycles. The van der Waals surface area contributed by atoms with Crippen LogP contribution in [-0.4, -0.2) is 68.5 Å². The van der Waals surface area contributed by atoms with Crippen molar-refractivity contribution in [2.45, 2.75) is 51.8 Å². The maximum Gasteiger partial charge on any atom is 0.350 e. The fourth-order valence-corrected chi connectivity index (χ4v) is 7.45. The molecule has 51 heavy (non-hydrogen) atoms. The van der Waals surface area contributed by atoms with Gasteiger partial charge in [0.2, 0.25) is 0 Å². The third kappa shape index (κ3) is 7.25. The quantitative estimate of drug-likeness (QED) is 0.160. The molecule has 2 aliphatic rings. The molecule has 2 saturated heterocycles. The summed E-state index contributed by atoms with van der Waals surface area (Å²) in [6, 6.07) is 19.9. The molecule has 11 nitrogen and oxygen atoms in total. The maximum atomic E-state index is 15.0. The van der Waals surface area contributed by atoms with E-state index in [0.29, 0.717) is 31.1 Å². The van der Waals surface area contributed by atoms with Crippen molar-refractivity contribution < 1.29 is 18.3 Å². The molecule has 0 unspecified atom stereocenters. The Bertz CT molecular complexity index is 1950. The molecule has 7 rings (SSSR count). The number of anilines is 2. The van der Waals surface area contributed by atoms with Gasteiger partial charge in [0.25, 0.3) is 0 Å². The zero-order valence-corrected chi connectivity index (χ0v) is 29.2. The van der Waals surface area contributed by atoms with E-state index < -0.39 is 17.2 Å². The van der Waals surface area contributed by atoms with Crippen molar-refractivity contribution >= 4 is 11.4 Å². The van der Waals surface area contributed by atoms with E-state index in [2.05, 4.69) is 70.0 Å². The van der Waals surface area contributed by atoms with Gasteiger partial charge in [0.05, 0.1) is 31.5 Å². The Morgan fingerprint density at radius 1 is 0.902 bits per heavy atom. The summed E-state index contributed by atoms with van der Waals surface area (Å²) in [4.78, 5) is 21.8. The van der Waals surface area contributed by atoms with Gasteiger partial charge in [0.1, 0.15) is 42.0 Å². The molecule has 268 valence electrons. The lowest BCUT2D eigenvalue weighted by Crippen LogP contribution is -2.46. The minimum Gasteiger partial charge on any atom is -0.493 e. The number of halogens is 2. The summed E-state index contributed by atoms with van der Waals surface area (Å²) in [5.74, 6) is -0.205. The maximum absolute atomic E-state index is 15.0. The van der Waals surface area contributed by atoms with Crippen molar-refractivity contribution in [3.8, 4) is 11.4 Å². The van der Waals surface area contributed by atoms with Crippen molar-refractivity contribution in [3.05, 3.63) is 113 Å². The van der Waals surface area contributed by atoms with E-state index in [-0.39, 0.29) is 24.2 Å². The first-order valence-corrected chi connectivity index (χ1v) is 17.6. The third-order valence-corrected chi connectivity index (χ3v) is 10.2. The number of benzene rings is 3. The smallest absolute Gasteiger partial charge is 0.350 e. The van der Waals surface area contributed by atoms with E-state index >= 15 is 0 Å². The summed E-state index contributed by atoms with van der Waals surface area (Å²) in [6.07, 6.45) is 5.94. The number of nitrogens with zero attached hydrogens (tertiary/aromatic N) is 8. The van der Waals surface area contributed by atoms with Crippen LogP contribution in [-0.2, 0) is 16.9 Å². The van der Waals surface area contributed by atoms with Crippen molar-refractivity contribution in [3.63, 3.8) is 0 Å². The monoisotopic (exact) mass is 698 g/mol. The summed E-state index contributed by atoms with van der Waals surface area (Å²) < 4.78 is 46.0. The third-order valence-electron chi connectivity index (χ3n) is 10.2. The molecular formula is C38H44F2N8O3. The zero-order chi connectivity index (χ0) is 35.5. The van der Waals surface area contributed by atoms with Gasteiger partial charge in [-0.25, -0.2) is 32.5 Å². The van der Waals surface area contributed by atoms with Crippen LogP contribution in [0.2, 0.25) is 0 Å². The molecule has 0 amide bonds. The standard InChI is InChI=1S/C38H44F2N8O3/c1-4-36(27(2)3)48-37(49)47(26-43-48)32-8-6-30(7-9-32)44-15-17-45(18-16-44)31-10-12-33(13-11-31)50-21-28-20-38(51-22-28,23-46-25-41-24-42-46)34-14-5-29(39)19-35(34)40/h5-14,19,24-28,36H,4,15-18,20-23H2,1-3H3/t28-,36+,38+/m1/s1. The van der Waals surface area contributed by atoms with Crippen LogP contribution < -0.4 is 20.2 Å². The van der Waals surface area contributed by atoms with Crippen LogP contribution in [0.15, 0.2) is 90.5 Å². The average molecular weight is 699 g/mol. The van der Waals surface area contributed by atoms with Crippen LogP contribution in [0, 0.1) is 23.5 Å². The summed E-state index contributed by atoms with van der Waals surface area (Å²) in [6.45, 7) is 10.8. The summed E-state index contributed by atoms with van der Waals surface area (Å²) in [7, 11) is 0. The highest BCUT2D eigenvalue weighted by Crippen LogP contribution is 2.42. The Kier molecular flexibility index (Phi) is 9.90. The van der Waals surface area contributed by atoms with E-state index in [4.69, 9.17) is 9.47 Å².